The van der Waals surface area contributed by atoms with Gasteiger partial charge in [-0.25, -0.2) is 4.79 Å². The van der Waals surface area contributed by atoms with Crippen LogP contribution in [0.4, 0.5) is 5.69 Å². The summed E-state index contributed by atoms with van der Waals surface area (Å²) in [4.78, 5) is 28.1. The van der Waals surface area contributed by atoms with Crippen LogP contribution in [0.1, 0.15) is 10.4 Å². The van der Waals surface area contributed by atoms with Crippen molar-refractivity contribution < 1.29 is 9.90 Å². The molecule has 0 aliphatic carbocycles. The third kappa shape index (κ3) is 2.14. The van der Waals surface area contributed by atoms with Crippen molar-refractivity contribution in [2.75, 3.05) is 31.1 Å². The second-order valence-corrected chi connectivity index (χ2v) is 4.80. The molecule has 1 aliphatic rings. The molecule has 1 fully saturated rings. The van der Waals surface area contributed by atoms with Gasteiger partial charge in [0, 0.05) is 43.4 Å². The molecule has 6 nitrogen and oxygen atoms in total. The van der Waals surface area contributed by atoms with E-state index in [1.54, 1.807) is 6.07 Å². The van der Waals surface area contributed by atoms with Crippen LogP contribution in [0, 0.1) is 0 Å². The first kappa shape index (κ1) is 12.7. The van der Waals surface area contributed by atoms with Crippen molar-refractivity contribution in [2.45, 2.75) is 0 Å². The van der Waals surface area contributed by atoms with Gasteiger partial charge in [-0.1, -0.05) is 0 Å². The monoisotopic (exact) mass is 273 g/mol. The van der Waals surface area contributed by atoms with Gasteiger partial charge in [-0.05, 0) is 18.2 Å². The number of nitrogens with zero attached hydrogens (tertiary/aromatic N) is 1. The lowest BCUT2D eigenvalue weighted by molar-refractivity contribution is 0.0695. The zero-order chi connectivity index (χ0) is 14.1. The fraction of sp³-hybridized carbons (Fsp3) is 0.286. The lowest BCUT2D eigenvalue weighted by Crippen LogP contribution is -2.43. The Morgan fingerprint density at radius 1 is 1.25 bits per heavy atom. The minimum Gasteiger partial charge on any atom is -0.477 e. The largest absolute Gasteiger partial charge is 0.477 e. The Morgan fingerprint density at radius 3 is 2.70 bits per heavy atom. The minimum absolute atomic E-state index is 0.229. The molecular formula is C14H15N3O3. The van der Waals surface area contributed by atoms with Crippen molar-refractivity contribution in [3.05, 3.63) is 40.2 Å². The van der Waals surface area contributed by atoms with E-state index in [0.717, 1.165) is 31.9 Å². The van der Waals surface area contributed by atoms with Crippen LogP contribution in [-0.4, -0.2) is 42.2 Å². The first-order valence-electron chi connectivity index (χ1n) is 6.51. The van der Waals surface area contributed by atoms with Gasteiger partial charge in [0.15, 0.2) is 0 Å². The number of carboxylic acids is 1. The zero-order valence-corrected chi connectivity index (χ0v) is 10.8. The molecule has 0 bridgehead atoms. The minimum atomic E-state index is -1.21. The van der Waals surface area contributed by atoms with E-state index in [0.29, 0.717) is 10.9 Å². The average Bonchev–Trinajstić information content (AvgIpc) is 2.48. The second kappa shape index (κ2) is 4.97. The topological polar surface area (TPSA) is 85.4 Å². The first-order chi connectivity index (χ1) is 9.66. The molecule has 0 spiro atoms. The molecule has 0 atom stereocenters. The Balaban J connectivity index is 2.06. The Morgan fingerprint density at radius 2 is 2.00 bits per heavy atom. The lowest BCUT2D eigenvalue weighted by atomic mass is 10.1. The van der Waals surface area contributed by atoms with Crippen LogP contribution in [0.25, 0.3) is 10.9 Å². The standard InChI is InChI=1S/C14H15N3O3/c18-13-10-2-1-9(17-5-3-15-4-6-17)7-12(10)16-8-11(13)14(19)20/h1-2,7-8,15H,3-6H2,(H,16,18)(H,19,20). The van der Waals surface area contributed by atoms with Gasteiger partial charge in [0.25, 0.3) is 0 Å². The van der Waals surface area contributed by atoms with Crippen molar-refractivity contribution in [3.8, 4) is 0 Å². The third-order valence-electron chi connectivity index (χ3n) is 3.58. The number of aromatic nitrogens is 1. The molecule has 1 aromatic carbocycles. The summed E-state index contributed by atoms with van der Waals surface area (Å²) in [5, 5.41) is 12.6. The molecule has 0 radical (unpaired) electrons. The molecule has 20 heavy (non-hydrogen) atoms. The molecule has 104 valence electrons. The summed E-state index contributed by atoms with van der Waals surface area (Å²) in [6, 6.07) is 5.46. The van der Waals surface area contributed by atoms with Crippen molar-refractivity contribution in [2.24, 2.45) is 0 Å². The molecule has 0 saturated carbocycles. The molecule has 1 saturated heterocycles. The van der Waals surface area contributed by atoms with E-state index in [1.807, 2.05) is 12.1 Å². The molecule has 2 aromatic rings. The van der Waals surface area contributed by atoms with E-state index in [-0.39, 0.29) is 5.56 Å². The molecule has 1 aromatic heterocycles. The number of nitrogens with one attached hydrogen (secondary N) is 2. The van der Waals surface area contributed by atoms with E-state index >= 15 is 0 Å². The van der Waals surface area contributed by atoms with Crippen LogP contribution in [0.2, 0.25) is 0 Å². The number of aromatic amines is 1. The number of aromatic carboxylic acids is 1. The second-order valence-electron chi connectivity index (χ2n) is 4.80. The third-order valence-corrected chi connectivity index (χ3v) is 3.58. The van der Waals surface area contributed by atoms with Gasteiger partial charge in [0.1, 0.15) is 5.56 Å². The van der Waals surface area contributed by atoms with Gasteiger partial charge in [-0.2, -0.15) is 0 Å². The summed E-state index contributed by atoms with van der Waals surface area (Å²) in [6.07, 6.45) is 1.26. The number of anilines is 1. The Bertz CT molecular complexity index is 717. The summed E-state index contributed by atoms with van der Waals surface area (Å²) in [7, 11) is 0. The number of benzene rings is 1. The maximum atomic E-state index is 12.0. The highest BCUT2D eigenvalue weighted by Gasteiger charge is 2.14. The molecule has 6 heteroatoms. The lowest BCUT2D eigenvalue weighted by Gasteiger charge is -2.29. The number of carboxylic acid groups (broad SMARTS) is 1. The highest BCUT2D eigenvalue weighted by Crippen LogP contribution is 2.19. The van der Waals surface area contributed by atoms with Crippen molar-refractivity contribution >= 4 is 22.6 Å². The molecule has 3 N–H and O–H groups in total. The predicted octanol–water partition coefficient (Wildman–Crippen LogP) is 0.636. The summed E-state index contributed by atoms with van der Waals surface area (Å²) < 4.78 is 0. The van der Waals surface area contributed by atoms with Gasteiger partial charge in [0.05, 0.1) is 5.52 Å². The quantitative estimate of drug-likeness (QED) is 0.747. The fourth-order valence-electron chi connectivity index (χ4n) is 2.49. The summed E-state index contributed by atoms with van der Waals surface area (Å²) in [5.41, 5.74) is 1.03. The van der Waals surface area contributed by atoms with Crippen molar-refractivity contribution in [1.82, 2.24) is 10.3 Å². The van der Waals surface area contributed by atoms with Crippen LogP contribution in [0.15, 0.2) is 29.2 Å². The van der Waals surface area contributed by atoms with Crippen LogP contribution < -0.4 is 15.6 Å². The number of piperazine rings is 1. The SMILES string of the molecule is O=C(O)c1c[nH]c2cc(N3CCNCC3)ccc2c1=O. The van der Waals surface area contributed by atoms with Gasteiger partial charge < -0.3 is 20.3 Å². The van der Waals surface area contributed by atoms with Crippen molar-refractivity contribution in [1.29, 1.82) is 0 Å². The smallest absolute Gasteiger partial charge is 0.341 e. The highest BCUT2D eigenvalue weighted by atomic mass is 16.4. The van der Waals surface area contributed by atoms with E-state index in [9.17, 15) is 9.59 Å². The normalized spacial score (nSPS) is 15.5. The predicted molar refractivity (Wildman–Crippen MR) is 76.6 cm³/mol. The van der Waals surface area contributed by atoms with Gasteiger partial charge in [0.2, 0.25) is 5.43 Å². The molecule has 2 heterocycles. The number of pyridine rings is 1. The van der Waals surface area contributed by atoms with Crippen LogP contribution in [-0.2, 0) is 0 Å². The van der Waals surface area contributed by atoms with E-state index in [2.05, 4.69) is 15.2 Å². The highest BCUT2D eigenvalue weighted by molar-refractivity contribution is 5.93. The zero-order valence-electron chi connectivity index (χ0n) is 10.8. The Labute approximate surface area is 115 Å². The number of fused-ring (bicyclic) bond motifs is 1. The van der Waals surface area contributed by atoms with Gasteiger partial charge in [-0.3, -0.25) is 4.79 Å². The van der Waals surface area contributed by atoms with Gasteiger partial charge >= 0.3 is 5.97 Å². The van der Waals surface area contributed by atoms with Gasteiger partial charge in [-0.15, -0.1) is 0 Å². The molecule has 1 aliphatic heterocycles. The number of rotatable bonds is 2. The maximum absolute atomic E-state index is 12.0. The van der Waals surface area contributed by atoms with Crippen LogP contribution in [0.5, 0.6) is 0 Å². The van der Waals surface area contributed by atoms with Crippen molar-refractivity contribution in [3.63, 3.8) is 0 Å². The number of hydrogen-bond donors (Lipinski definition) is 3. The Kier molecular flexibility index (Phi) is 3.15. The van der Waals surface area contributed by atoms with Crippen LogP contribution >= 0.6 is 0 Å². The molecular weight excluding hydrogens is 258 g/mol. The maximum Gasteiger partial charge on any atom is 0.341 e. The van der Waals surface area contributed by atoms with E-state index in [4.69, 9.17) is 5.11 Å². The van der Waals surface area contributed by atoms with E-state index < -0.39 is 11.4 Å². The summed E-state index contributed by atoms with van der Waals surface area (Å²) >= 11 is 0. The molecule has 0 amide bonds. The Hall–Kier alpha value is -2.34. The first-order valence-corrected chi connectivity index (χ1v) is 6.51. The average molecular weight is 273 g/mol. The number of carbonyl (C=O) groups is 1. The fourth-order valence-corrected chi connectivity index (χ4v) is 2.49. The number of H-pyrrole nitrogens is 1. The van der Waals surface area contributed by atoms with E-state index in [1.165, 1.54) is 6.20 Å². The summed E-state index contributed by atoms with van der Waals surface area (Å²) in [6.45, 7) is 3.71. The molecule has 3 rings (SSSR count). The number of hydrogen-bond acceptors (Lipinski definition) is 4. The summed E-state index contributed by atoms with van der Waals surface area (Å²) in [5.74, 6) is -1.21. The molecule has 0 unspecified atom stereocenters. The van der Waals surface area contributed by atoms with Crippen LogP contribution in [0.3, 0.4) is 0 Å².